The van der Waals surface area contributed by atoms with Gasteiger partial charge in [-0.1, -0.05) is 30.3 Å². The highest BCUT2D eigenvalue weighted by Gasteiger charge is 2.20. The van der Waals surface area contributed by atoms with Crippen molar-refractivity contribution >= 4 is 0 Å². The van der Waals surface area contributed by atoms with Gasteiger partial charge in [0.15, 0.2) is 0 Å². The van der Waals surface area contributed by atoms with Crippen LogP contribution in [0.5, 0.6) is 0 Å². The fraction of sp³-hybridized carbons (Fsp3) is 0.556. The molecule has 1 fully saturated rings. The lowest BCUT2D eigenvalue weighted by Gasteiger charge is -2.34. The summed E-state index contributed by atoms with van der Waals surface area (Å²) in [5.74, 6) is 0. The van der Waals surface area contributed by atoms with Gasteiger partial charge in [-0.25, -0.2) is 4.98 Å². The fourth-order valence-corrected chi connectivity index (χ4v) is 3.32. The van der Waals surface area contributed by atoms with Crippen molar-refractivity contribution in [2.24, 2.45) is 0 Å². The van der Waals surface area contributed by atoms with Crippen LogP contribution in [0.3, 0.4) is 0 Å². The normalized spacial score (nSPS) is 18.1. The molecule has 0 bridgehead atoms. The lowest BCUT2D eigenvalue weighted by atomic mass is 10.0. The van der Waals surface area contributed by atoms with Gasteiger partial charge in [0.2, 0.25) is 0 Å². The van der Waals surface area contributed by atoms with Gasteiger partial charge < -0.3 is 10.2 Å². The monoisotopic (exact) mass is 313 g/mol. The molecule has 2 aromatic rings. The van der Waals surface area contributed by atoms with E-state index in [1.165, 1.54) is 38.0 Å². The van der Waals surface area contributed by atoms with Crippen molar-refractivity contribution < 1.29 is 0 Å². The van der Waals surface area contributed by atoms with Crippen LogP contribution in [0.4, 0.5) is 0 Å². The smallest absolute Gasteiger partial charge is 0.137 e. The molecule has 23 heavy (non-hydrogen) atoms. The Labute approximate surface area is 138 Å². The number of nitrogens with one attached hydrogen (secondary N) is 1. The Morgan fingerprint density at radius 2 is 2.00 bits per heavy atom. The average Bonchev–Trinajstić information content (AvgIpc) is 3.08. The molecule has 0 radical (unpaired) electrons. The van der Waals surface area contributed by atoms with Crippen molar-refractivity contribution in [1.29, 1.82) is 0 Å². The zero-order chi connectivity index (χ0) is 15.9. The Bertz CT molecular complexity index is 546. The molecule has 1 aliphatic rings. The zero-order valence-corrected chi connectivity index (χ0v) is 13.9. The first-order valence-corrected chi connectivity index (χ1v) is 8.64. The average molecular weight is 313 g/mol. The summed E-state index contributed by atoms with van der Waals surface area (Å²) in [5, 5.41) is 7.91. The van der Waals surface area contributed by atoms with E-state index in [1.54, 1.807) is 12.7 Å². The van der Waals surface area contributed by atoms with Crippen molar-refractivity contribution in [3.8, 4) is 0 Å². The van der Waals surface area contributed by atoms with E-state index in [4.69, 9.17) is 0 Å². The van der Waals surface area contributed by atoms with Crippen LogP contribution in [0.2, 0.25) is 0 Å². The number of likely N-dealkylation sites (tertiary alicyclic amines) is 1. The van der Waals surface area contributed by atoms with E-state index in [0.717, 1.165) is 13.0 Å². The molecular formula is C18H27N5. The van der Waals surface area contributed by atoms with E-state index in [-0.39, 0.29) is 0 Å². The maximum absolute atomic E-state index is 4.17. The first-order chi connectivity index (χ1) is 11.3. The molecule has 1 aliphatic heterocycles. The summed E-state index contributed by atoms with van der Waals surface area (Å²) in [7, 11) is 0. The number of benzene rings is 1. The van der Waals surface area contributed by atoms with Gasteiger partial charge in [0, 0.05) is 18.6 Å². The van der Waals surface area contributed by atoms with Gasteiger partial charge in [-0.05, 0) is 44.8 Å². The Balaban J connectivity index is 1.35. The predicted octanol–water partition coefficient (Wildman–Crippen LogP) is 1.96. The minimum Gasteiger partial charge on any atom is -0.310 e. The second-order valence-corrected chi connectivity index (χ2v) is 6.54. The summed E-state index contributed by atoms with van der Waals surface area (Å²) in [6.07, 6.45) is 7.00. The molecule has 1 aromatic carbocycles. The Morgan fingerprint density at radius 1 is 1.22 bits per heavy atom. The van der Waals surface area contributed by atoms with Crippen LogP contribution in [-0.2, 0) is 13.0 Å². The van der Waals surface area contributed by atoms with Gasteiger partial charge in [0.1, 0.15) is 12.7 Å². The summed E-state index contributed by atoms with van der Waals surface area (Å²) in [6, 6.07) is 11.8. The van der Waals surface area contributed by atoms with E-state index in [2.05, 4.69) is 57.6 Å². The Hall–Kier alpha value is -1.72. The molecule has 124 valence electrons. The molecule has 5 nitrogen and oxygen atoms in total. The van der Waals surface area contributed by atoms with Crippen LogP contribution in [0.15, 0.2) is 43.0 Å². The van der Waals surface area contributed by atoms with Crippen molar-refractivity contribution in [1.82, 2.24) is 25.0 Å². The van der Waals surface area contributed by atoms with Crippen LogP contribution < -0.4 is 5.32 Å². The second-order valence-electron chi connectivity index (χ2n) is 6.54. The van der Waals surface area contributed by atoms with Crippen molar-refractivity contribution in [3.63, 3.8) is 0 Å². The standard InChI is InChI=1S/C18H27N5/c1-16(13-23-15-19-14-20-23)21-18-8-11-22(12-9-18)10-7-17-5-3-2-4-6-17/h2-6,14-16,18,21H,7-13H2,1H3/t16-/m1/s1. The highest BCUT2D eigenvalue weighted by Crippen LogP contribution is 2.12. The van der Waals surface area contributed by atoms with Crippen LogP contribution in [0.25, 0.3) is 0 Å². The molecule has 1 aromatic heterocycles. The third kappa shape index (κ3) is 5.15. The van der Waals surface area contributed by atoms with Gasteiger partial charge >= 0.3 is 0 Å². The third-order valence-electron chi connectivity index (χ3n) is 4.59. The van der Waals surface area contributed by atoms with Crippen LogP contribution in [0, 0.1) is 0 Å². The largest absolute Gasteiger partial charge is 0.310 e. The lowest BCUT2D eigenvalue weighted by molar-refractivity contribution is 0.191. The number of hydrogen-bond acceptors (Lipinski definition) is 4. The number of nitrogens with zero attached hydrogens (tertiary/aromatic N) is 4. The number of rotatable bonds is 7. The third-order valence-corrected chi connectivity index (χ3v) is 4.59. The van der Waals surface area contributed by atoms with E-state index in [1.807, 2.05) is 4.68 Å². The molecule has 1 saturated heterocycles. The van der Waals surface area contributed by atoms with Gasteiger partial charge in [-0.15, -0.1) is 0 Å². The molecule has 1 atom stereocenters. The summed E-state index contributed by atoms with van der Waals surface area (Å²) < 4.78 is 1.90. The second kappa shape index (κ2) is 8.22. The van der Waals surface area contributed by atoms with Gasteiger partial charge in [-0.3, -0.25) is 4.68 Å². The van der Waals surface area contributed by atoms with Gasteiger partial charge in [0.25, 0.3) is 0 Å². The Morgan fingerprint density at radius 3 is 2.70 bits per heavy atom. The highest BCUT2D eigenvalue weighted by molar-refractivity contribution is 5.14. The Kier molecular flexibility index (Phi) is 5.77. The summed E-state index contributed by atoms with van der Waals surface area (Å²) >= 11 is 0. The van der Waals surface area contributed by atoms with E-state index in [0.29, 0.717) is 12.1 Å². The van der Waals surface area contributed by atoms with E-state index in [9.17, 15) is 0 Å². The quantitative estimate of drug-likeness (QED) is 0.849. The van der Waals surface area contributed by atoms with E-state index < -0.39 is 0 Å². The lowest BCUT2D eigenvalue weighted by Crippen LogP contribution is -2.46. The topological polar surface area (TPSA) is 46.0 Å². The van der Waals surface area contributed by atoms with Crippen molar-refractivity contribution in [3.05, 3.63) is 48.5 Å². The van der Waals surface area contributed by atoms with Crippen LogP contribution in [0.1, 0.15) is 25.3 Å². The minimum absolute atomic E-state index is 0.428. The molecule has 5 heteroatoms. The first kappa shape index (κ1) is 16.1. The fourth-order valence-electron chi connectivity index (χ4n) is 3.32. The molecule has 1 N–H and O–H groups in total. The zero-order valence-electron chi connectivity index (χ0n) is 13.9. The van der Waals surface area contributed by atoms with Crippen LogP contribution >= 0.6 is 0 Å². The molecule has 0 amide bonds. The van der Waals surface area contributed by atoms with Gasteiger partial charge in [0.05, 0.1) is 6.54 Å². The van der Waals surface area contributed by atoms with E-state index >= 15 is 0 Å². The van der Waals surface area contributed by atoms with Crippen molar-refractivity contribution in [2.45, 2.75) is 44.8 Å². The molecule has 0 aliphatic carbocycles. The first-order valence-electron chi connectivity index (χ1n) is 8.64. The predicted molar refractivity (Wildman–Crippen MR) is 92.2 cm³/mol. The summed E-state index contributed by atoms with van der Waals surface area (Å²) in [4.78, 5) is 6.59. The molecular weight excluding hydrogens is 286 g/mol. The minimum atomic E-state index is 0.428. The number of piperidine rings is 1. The maximum Gasteiger partial charge on any atom is 0.137 e. The number of hydrogen-bond donors (Lipinski definition) is 1. The summed E-state index contributed by atoms with van der Waals surface area (Å²) in [6.45, 7) is 6.67. The van der Waals surface area contributed by atoms with Crippen molar-refractivity contribution in [2.75, 3.05) is 19.6 Å². The molecule has 2 heterocycles. The highest BCUT2D eigenvalue weighted by atomic mass is 15.3. The summed E-state index contributed by atoms with van der Waals surface area (Å²) in [5.41, 5.74) is 1.44. The molecule has 0 unspecified atom stereocenters. The van der Waals surface area contributed by atoms with Gasteiger partial charge in [-0.2, -0.15) is 5.10 Å². The maximum atomic E-state index is 4.17. The number of aromatic nitrogens is 3. The molecule has 0 saturated carbocycles. The SMILES string of the molecule is C[C@H](Cn1cncn1)NC1CCN(CCc2ccccc2)CC1. The van der Waals surface area contributed by atoms with Crippen LogP contribution in [-0.4, -0.2) is 51.4 Å². The molecule has 3 rings (SSSR count). The molecule has 0 spiro atoms.